The van der Waals surface area contributed by atoms with Crippen LogP contribution < -0.4 is 10.1 Å². The molecule has 9 nitrogen and oxygen atoms in total. The second-order valence-corrected chi connectivity index (χ2v) is 8.86. The number of hydrogen-bond acceptors (Lipinski definition) is 6. The number of aromatic nitrogens is 3. The summed E-state index contributed by atoms with van der Waals surface area (Å²) in [7, 11) is 1.48. The predicted molar refractivity (Wildman–Crippen MR) is 109 cm³/mol. The van der Waals surface area contributed by atoms with E-state index in [-0.39, 0.29) is 37.1 Å². The number of aliphatic hydroxyl groups is 1. The molecule has 1 fully saturated rings. The summed E-state index contributed by atoms with van der Waals surface area (Å²) in [4.78, 5) is 27.1. The van der Waals surface area contributed by atoms with Gasteiger partial charge >= 0.3 is 0 Å². The van der Waals surface area contributed by atoms with Crippen LogP contribution in [0.3, 0.4) is 0 Å². The lowest BCUT2D eigenvalue weighted by Gasteiger charge is -2.34. The maximum Gasteiger partial charge on any atom is 0.248 e. The molecule has 1 aliphatic heterocycles. The molecule has 0 unspecified atom stereocenters. The van der Waals surface area contributed by atoms with Crippen LogP contribution in [0.4, 0.5) is 8.78 Å². The Morgan fingerprint density at radius 1 is 1.28 bits per heavy atom. The van der Waals surface area contributed by atoms with Gasteiger partial charge in [-0.1, -0.05) is 26.0 Å². The number of nitrogens with zero attached hydrogens (tertiary/aromatic N) is 4. The van der Waals surface area contributed by atoms with E-state index in [2.05, 4.69) is 15.6 Å². The van der Waals surface area contributed by atoms with E-state index < -0.39 is 35.2 Å². The molecule has 1 saturated heterocycles. The molecule has 3 rings (SSSR count). The fourth-order valence-electron chi connectivity index (χ4n) is 3.78. The van der Waals surface area contributed by atoms with Crippen LogP contribution in [0.25, 0.3) is 0 Å². The Bertz CT molecular complexity index is 971. The van der Waals surface area contributed by atoms with E-state index >= 15 is 0 Å². The molecule has 0 saturated carbocycles. The normalized spacial score (nSPS) is 19.7. The molecule has 0 aliphatic carbocycles. The van der Waals surface area contributed by atoms with Crippen LogP contribution in [0.1, 0.15) is 38.9 Å². The van der Waals surface area contributed by atoms with Crippen molar-refractivity contribution in [1.82, 2.24) is 25.2 Å². The summed E-state index contributed by atoms with van der Waals surface area (Å²) in [6, 6.07) is 1.25. The molecule has 0 radical (unpaired) electrons. The van der Waals surface area contributed by atoms with Gasteiger partial charge in [0.2, 0.25) is 11.8 Å². The van der Waals surface area contributed by atoms with Crippen molar-refractivity contribution in [3.63, 3.8) is 0 Å². The lowest BCUT2D eigenvalue weighted by atomic mass is 9.85. The standard InChI is InChI=1S/C21H27F2N5O4/c1-21(2,3)18(20(31)27-10-15(29)8-17(27)19(30)24-4)28-9-14(25-26-28)11-32-16-6-12(22)5-13(23)7-16/h5-7,9,15,17-18,29H,8,10-11H2,1-4H3,(H,24,30)/t15-,17+,18-/m1/s1. The number of amides is 2. The van der Waals surface area contributed by atoms with Crippen LogP contribution in [0, 0.1) is 17.0 Å². The molecule has 174 valence electrons. The molecule has 1 aliphatic rings. The van der Waals surface area contributed by atoms with Crippen molar-refractivity contribution in [2.24, 2.45) is 5.41 Å². The Morgan fingerprint density at radius 3 is 2.53 bits per heavy atom. The highest BCUT2D eigenvalue weighted by Crippen LogP contribution is 2.34. The minimum atomic E-state index is -0.812. The number of hydrogen-bond donors (Lipinski definition) is 2. The van der Waals surface area contributed by atoms with Crippen molar-refractivity contribution in [3.8, 4) is 5.75 Å². The topological polar surface area (TPSA) is 110 Å². The number of carbonyl (C=O) groups is 2. The van der Waals surface area contributed by atoms with E-state index in [1.54, 1.807) is 0 Å². The van der Waals surface area contributed by atoms with Gasteiger partial charge in [-0.15, -0.1) is 5.10 Å². The Labute approximate surface area is 184 Å². The van der Waals surface area contributed by atoms with E-state index in [1.807, 2.05) is 20.8 Å². The van der Waals surface area contributed by atoms with Gasteiger partial charge in [0.15, 0.2) is 0 Å². The van der Waals surface area contributed by atoms with Crippen molar-refractivity contribution in [3.05, 3.63) is 41.7 Å². The number of nitrogens with one attached hydrogen (secondary N) is 1. The molecule has 11 heteroatoms. The van der Waals surface area contributed by atoms with E-state index in [4.69, 9.17) is 4.74 Å². The van der Waals surface area contributed by atoms with Gasteiger partial charge in [0, 0.05) is 38.2 Å². The molecule has 3 atom stereocenters. The number of benzene rings is 1. The van der Waals surface area contributed by atoms with Crippen LogP contribution in [0.2, 0.25) is 0 Å². The van der Waals surface area contributed by atoms with Crippen LogP contribution in [-0.4, -0.2) is 62.6 Å². The molecule has 2 heterocycles. The smallest absolute Gasteiger partial charge is 0.248 e. The summed E-state index contributed by atoms with van der Waals surface area (Å²) in [5.41, 5.74) is -0.254. The first-order valence-electron chi connectivity index (χ1n) is 10.2. The fourth-order valence-corrected chi connectivity index (χ4v) is 3.78. The molecule has 1 aromatic carbocycles. The second kappa shape index (κ2) is 9.19. The summed E-state index contributed by atoms with van der Waals surface area (Å²) >= 11 is 0. The van der Waals surface area contributed by atoms with Crippen LogP contribution >= 0.6 is 0 Å². The first-order valence-corrected chi connectivity index (χ1v) is 10.2. The monoisotopic (exact) mass is 451 g/mol. The summed E-state index contributed by atoms with van der Waals surface area (Å²) in [5, 5.41) is 20.7. The molecular formula is C21H27F2N5O4. The zero-order valence-electron chi connectivity index (χ0n) is 18.4. The average molecular weight is 451 g/mol. The van der Waals surface area contributed by atoms with Gasteiger partial charge in [0.05, 0.1) is 12.3 Å². The molecule has 2 amide bonds. The molecule has 0 bridgehead atoms. The van der Waals surface area contributed by atoms with E-state index in [0.29, 0.717) is 5.69 Å². The maximum absolute atomic E-state index is 13.5. The van der Waals surface area contributed by atoms with Gasteiger partial charge in [0.25, 0.3) is 0 Å². The molecule has 1 aromatic heterocycles. The number of carbonyl (C=O) groups excluding carboxylic acids is 2. The number of ether oxygens (including phenoxy) is 1. The average Bonchev–Trinajstić information content (AvgIpc) is 3.30. The van der Waals surface area contributed by atoms with E-state index in [9.17, 15) is 23.5 Å². The number of β-amino-alcohol motifs (C(OH)–C–C–N with tert-alkyl or cyclic N) is 1. The van der Waals surface area contributed by atoms with Crippen LogP contribution in [-0.2, 0) is 16.2 Å². The van der Waals surface area contributed by atoms with Crippen LogP contribution in [0.5, 0.6) is 5.75 Å². The molecule has 32 heavy (non-hydrogen) atoms. The summed E-state index contributed by atoms with van der Waals surface area (Å²) in [5.74, 6) is -2.24. The fraction of sp³-hybridized carbons (Fsp3) is 0.524. The SMILES string of the molecule is CNC(=O)[C@@H]1C[C@@H](O)CN1C(=O)[C@@H](n1cc(COc2cc(F)cc(F)c2)nn1)C(C)(C)C. The summed E-state index contributed by atoms with van der Waals surface area (Å²) in [6.07, 6.45) is 0.876. The third kappa shape index (κ3) is 5.21. The second-order valence-electron chi connectivity index (χ2n) is 8.86. The highest BCUT2D eigenvalue weighted by atomic mass is 19.1. The Balaban J connectivity index is 1.80. The van der Waals surface area contributed by atoms with Crippen molar-refractivity contribution in [2.75, 3.05) is 13.6 Å². The molecule has 2 N–H and O–H groups in total. The van der Waals surface area contributed by atoms with Gasteiger partial charge in [-0.2, -0.15) is 0 Å². The third-order valence-corrected chi connectivity index (χ3v) is 5.21. The van der Waals surface area contributed by atoms with Crippen molar-refractivity contribution < 1.29 is 28.2 Å². The highest BCUT2D eigenvalue weighted by molar-refractivity contribution is 5.90. The summed E-state index contributed by atoms with van der Waals surface area (Å²) < 4.78 is 33.4. The Morgan fingerprint density at radius 2 is 1.94 bits per heavy atom. The molecule has 2 aromatic rings. The van der Waals surface area contributed by atoms with Gasteiger partial charge < -0.3 is 20.1 Å². The van der Waals surface area contributed by atoms with E-state index in [1.165, 1.54) is 22.8 Å². The maximum atomic E-state index is 13.5. The number of likely N-dealkylation sites (tertiary alicyclic amines) is 1. The summed E-state index contributed by atoms with van der Waals surface area (Å²) in [6.45, 7) is 5.48. The molecule has 0 spiro atoms. The van der Waals surface area contributed by atoms with Crippen molar-refractivity contribution in [1.29, 1.82) is 0 Å². The zero-order valence-corrected chi connectivity index (χ0v) is 18.4. The first kappa shape index (κ1) is 23.6. The van der Waals surface area contributed by atoms with Gasteiger partial charge in [0.1, 0.15) is 41.8 Å². The Hall–Kier alpha value is -3.08. The van der Waals surface area contributed by atoms with Crippen molar-refractivity contribution >= 4 is 11.8 Å². The first-order chi connectivity index (χ1) is 15.0. The van der Waals surface area contributed by atoms with E-state index in [0.717, 1.165) is 18.2 Å². The predicted octanol–water partition coefficient (Wildman–Crippen LogP) is 1.43. The minimum absolute atomic E-state index is 0.0000260. The lowest BCUT2D eigenvalue weighted by molar-refractivity contribution is -0.144. The number of likely N-dealkylation sites (N-methyl/N-ethyl adjacent to an activating group) is 1. The number of aliphatic hydroxyl groups excluding tert-OH is 1. The third-order valence-electron chi connectivity index (χ3n) is 5.21. The molecular weight excluding hydrogens is 424 g/mol. The van der Waals surface area contributed by atoms with Crippen molar-refractivity contribution in [2.45, 2.75) is 52.0 Å². The minimum Gasteiger partial charge on any atom is -0.487 e. The largest absolute Gasteiger partial charge is 0.487 e. The number of rotatable bonds is 6. The quantitative estimate of drug-likeness (QED) is 0.688. The lowest BCUT2D eigenvalue weighted by Crippen LogP contribution is -2.49. The van der Waals surface area contributed by atoms with Crippen LogP contribution in [0.15, 0.2) is 24.4 Å². The number of halogens is 2. The highest BCUT2D eigenvalue weighted by Gasteiger charge is 2.45. The zero-order chi connectivity index (χ0) is 23.6. The van der Waals surface area contributed by atoms with Gasteiger partial charge in [-0.25, -0.2) is 13.5 Å². The van der Waals surface area contributed by atoms with Gasteiger partial charge in [-0.3, -0.25) is 9.59 Å². The Kier molecular flexibility index (Phi) is 6.77. The van der Waals surface area contributed by atoms with Gasteiger partial charge in [-0.05, 0) is 5.41 Å².